The van der Waals surface area contributed by atoms with Crippen LogP contribution >= 0.6 is 38.6 Å². The SMILES string of the molecule is CCOC(=O)c1c(NC(=O)Cn2cnc3scc(-c4ccc(Br)cc4)c3c2=O)sc(C)c1C. The zero-order valence-electron chi connectivity index (χ0n) is 18.1. The molecule has 1 amide bonds. The Morgan fingerprint density at radius 3 is 2.64 bits per heavy atom. The lowest BCUT2D eigenvalue weighted by Crippen LogP contribution is -2.28. The molecule has 0 aliphatic heterocycles. The van der Waals surface area contributed by atoms with Gasteiger partial charge in [-0.1, -0.05) is 28.1 Å². The van der Waals surface area contributed by atoms with Crippen molar-refractivity contribution in [2.75, 3.05) is 11.9 Å². The van der Waals surface area contributed by atoms with Crippen molar-refractivity contribution in [3.63, 3.8) is 0 Å². The average molecular weight is 546 g/mol. The van der Waals surface area contributed by atoms with E-state index in [2.05, 4.69) is 26.2 Å². The first-order valence-electron chi connectivity index (χ1n) is 10.1. The molecular formula is C23H20BrN3O4S2. The number of aromatic nitrogens is 2. The maximum absolute atomic E-state index is 13.2. The summed E-state index contributed by atoms with van der Waals surface area (Å²) < 4.78 is 7.36. The normalized spacial score (nSPS) is 11.0. The van der Waals surface area contributed by atoms with Crippen LogP contribution in [0.4, 0.5) is 5.00 Å². The van der Waals surface area contributed by atoms with E-state index in [0.717, 1.165) is 26.0 Å². The van der Waals surface area contributed by atoms with E-state index in [1.54, 1.807) is 6.92 Å². The topological polar surface area (TPSA) is 90.3 Å². The highest BCUT2D eigenvalue weighted by Gasteiger charge is 2.22. The van der Waals surface area contributed by atoms with Crippen LogP contribution in [0.5, 0.6) is 0 Å². The molecule has 3 heterocycles. The van der Waals surface area contributed by atoms with E-state index in [0.29, 0.717) is 20.8 Å². The summed E-state index contributed by atoms with van der Waals surface area (Å²) in [6.45, 7) is 5.43. The first-order valence-corrected chi connectivity index (χ1v) is 12.6. The third kappa shape index (κ3) is 4.64. The minimum atomic E-state index is -0.479. The van der Waals surface area contributed by atoms with E-state index in [9.17, 15) is 14.4 Å². The van der Waals surface area contributed by atoms with Crippen molar-refractivity contribution in [3.05, 3.63) is 66.8 Å². The van der Waals surface area contributed by atoms with Gasteiger partial charge in [0.2, 0.25) is 5.91 Å². The van der Waals surface area contributed by atoms with Gasteiger partial charge in [0.05, 0.1) is 23.9 Å². The molecule has 0 saturated heterocycles. The van der Waals surface area contributed by atoms with Crippen molar-refractivity contribution in [3.8, 4) is 11.1 Å². The number of thiophene rings is 2. The Morgan fingerprint density at radius 1 is 1.21 bits per heavy atom. The van der Waals surface area contributed by atoms with E-state index < -0.39 is 11.9 Å². The number of rotatable bonds is 6. The molecule has 1 N–H and O–H groups in total. The van der Waals surface area contributed by atoms with Crippen LogP contribution in [0, 0.1) is 13.8 Å². The number of hydrogen-bond donors (Lipinski definition) is 1. The van der Waals surface area contributed by atoms with Crippen molar-refractivity contribution >= 4 is 65.7 Å². The van der Waals surface area contributed by atoms with Gasteiger partial charge in [0.25, 0.3) is 5.56 Å². The summed E-state index contributed by atoms with van der Waals surface area (Å²) in [5.41, 5.74) is 2.51. The fraction of sp³-hybridized carbons (Fsp3) is 0.217. The highest BCUT2D eigenvalue weighted by molar-refractivity contribution is 9.10. The van der Waals surface area contributed by atoms with E-state index in [4.69, 9.17) is 4.74 Å². The van der Waals surface area contributed by atoms with Crippen LogP contribution in [0.2, 0.25) is 0 Å². The van der Waals surface area contributed by atoms with E-state index in [1.165, 1.54) is 33.6 Å². The number of halogens is 1. The fourth-order valence-electron chi connectivity index (χ4n) is 3.41. The largest absolute Gasteiger partial charge is 0.462 e. The molecule has 0 radical (unpaired) electrons. The minimum Gasteiger partial charge on any atom is -0.462 e. The number of benzene rings is 1. The molecule has 0 fully saturated rings. The van der Waals surface area contributed by atoms with Gasteiger partial charge >= 0.3 is 5.97 Å². The Labute approximate surface area is 206 Å². The second-order valence-corrected chi connectivity index (χ2v) is 10.3. The van der Waals surface area contributed by atoms with E-state index in [-0.39, 0.29) is 18.7 Å². The monoisotopic (exact) mass is 545 g/mol. The number of anilines is 1. The molecule has 10 heteroatoms. The van der Waals surface area contributed by atoms with Gasteiger partial charge in [-0.2, -0.15) is 0 Å². The number of fused-ring (bicyclic) bond motifs is 1. The second kappa shape index (κ2) is 9.58. The number of nitrogens with zero attached hydrogens (tertiary/aromatic N) is 2. The molecule has 1 aromatic carbocycles. The summed E-state index contributed by atoms with van der Waals surface area (Å²) in [6.07, 6.45) is 1.38. The Kier molecular flexibility index (Phi) is 6.78. The lowest BCUT2D eigenvalue weighted by molar-refractivity contribution is -0.116. The number of amides is 1. The van der Waals surface area contributed by atoms with Gasteiger partial charge in [0, 0.05) is 20.3 Å². The summed E-state index contributed by atoms with van der Waals surface area (Å²) in [4.78, 5) is 44.3. The van der Waals surface area contributed by atoms with Crippen LogP contribution in [0.15, 0.2) is 45.2 Å². The summed E-state index contributed by atoms with van der Waals surface area (Å²) >= 11 is 6.11. The van der Waals surface area contributed by atoms with Crippen molar-refractivity contribution in [2.45, 2.75) is 27.3 Å². The number of ether oxygens (including phenoxy) is 1. The smallest absolute Gasteiger partial charge is 0.341 e. The number of esters is 1. The molecule has 4 aromatic rings. The standard InChI is InChI=1S/C23H20BrN3O4S2/c1-4-31-23(30)18-12(2)13(3)33-21(18)26-17(28)9-27-11-25-20-19(22(27)29)16(10-32-20)14-5-7-15(24)8-6-14/h5-8,10-11H,4,9H2,1-3H3,(H,26,28). The molecule has 7 nitrogen and oxygen atoms in total. The lowest BCUT2D eigenvalue weighted by Gasteiger charge is -2.09. The molecule has 0 spiro atoms. The van der Waals surface area contributed by atoms with Gasteiger partial charge in [-0.3, -0.25) is 14.2 Å². The first-order chi connectivity index (χ1) is 15.8. The van der Waals surface area contributed by atoms with Crippen LogP contribution in [-0.2, 0) is 16.1 Å². The van der Waals surface area contributed by atoms with E-state index in [1.807, 2.05) is 43.5 Å². The number of aryl methyl sites for hydroxylation is 1. The first kappa shape index (κ1) is 23.3. The average Bonchev–Trinajstić information content (AvgIpc) is 3.32. The van der Waals surface area contributed by atoms with Crippen LogP contribution < -0.4 is 10.9 Å². The molecule has 0 atom stereocenters. The molecule has 0 unspecified atom stereocenters. The highest BCUT2D eigenvalue weighted by Crippen LogP contribution is 2.33. The molecule has 170 valence electrons. The van der Waals surface area contributed by atoms with Crippen molar-refractivity contribution < 1.29 is 14.3 Å². The Hall–Kier alpha value is -2.82. The molecule has 0 aliphatic carbocycles. The Morgan fingerprint density at radius 2 is 1.94 bits per heavy atom. The molecule has 0 bridgehead atoms. The summed E-state index contributed by atoms with van der Waals surface area (Å²) in [5.74, 6) is -0.905. The summed E-state index contributed by atoms with van der Waals surface area (Å²) in [7, 11) is 0. The predicted molar refractivity (Wildman–Crippen MR) is 135 cm³/mol. The molecule has 0 aliphatic rings. The number of nitrogens with one attached hydrogen (secondary N) is 1. The third-order valence-corrected chi connectivity index (χ3v) is 7.69. The molecule has 0 saturated carbocycles. The minimum absolute atomic E-state index is 0.227. The van der Waals surface area contributed by atoms with Gasteiger partial charge in [-0.05, 0) is 44.0 Å². The van der Waals surface area contributed by atoms with Crippen LogP contribution in [0.3, 0.4) is 0 Å². The van der Waals surface area contributed by atoms with Gasteiger partial charge in [0.1, 0.15) is 16.4 Å². The summed E-state index contributed by atoms with van der Waals surface area (Å²) in [6, 6.07) is 7.67. The number of hydrogen-bond acceptors (Lipinski definition) is 7. The second-order valence-electron chi connectivity index (χ2n) is 7.27. The van der Waals surface area contributed by atoms with Crippen LogP contribution in [0.1, 0.15) is 27.7 Å². The van der Waals surface area contributed by atoms with E-state index >= 15 is 0 Å². The number of carbonyl (C=O) groups excluding carboxylic acids is 2. The maximum Gasteiger partial charge on any atom is 0.341 e. The highest BCUT2D eigenvalue weighted by atomic mass is 79.9. The fourth-order valence-corrected chi connectivity index (χ4v) is 5.64. The van der Waals surface area contributed by atoms with Crippen LogP contribution in [0.25, 0.3) is 21.3 Å². The predicted octanol–water partition coefficient (Wildman–Crippen LogP) is 5.38. The summed E-state index contributed by atoms with van der Waals surface area (Å²) in [5, 5.41) is 5.57. The zero-order valence-corrected chi connectivity index (χ0v) is 21.3. The van der Waals surface area contributed by atoms with Crippen molar-refractivity contribution in [2.24, 2.45) is 0 Å². The third-order valence-electron chi connectivity index (χ3n) is 5.15. The van der Waals surface area contributed by atoms with Gasteiger partial charge in [-0.25, -0.2) is 9.78 Å². The quantitative estimate of drug-likeness (QED) is 0.328. The molecule has 3 aromatic heterocycles. The van der Waals surface area contributed by atoms with Gasteiger partial charge in [-0.15, -0.1) is 22.7 Å². The molecule has 4 rings (SSSR count). The van der Waals surface area contributed by atoms with Crippen LogP contribution in [-0.4, -0.2) is 28.0 Å². The van der Waals surface area contributed by atoms with Gasteiger partial charge < -0.3 is 10.1 Å². The molecular weight excluding hydrogens is 526 g/mol. The Balaban J connectivity index is 1.63. The molecule has 33 heavy (non-hydrogen) atoms. The van der Waals surface area contributed by atoms with Gasteiger partial charge in [0.15, 0.2) is 0 Å². The lowest BCUT2D eigenvalue weighted by atomic mass is 10.1. The van der Waals surface area contributed by atoms with Crippen molar-refractivity contribution in [1.82, 2.24) is 9.55 Å². The number of carbonyl (C=O) groups is 2. The maximum atomic E-state index is 13.2. The van der Waals surface area contributed by atoms with Crippen molar-refractivity contribution in [1.29, 1.82) is 0 Å². The Bertz CT molecular complexity index is 1420. The zero-order chi connectivity index (χ0) is 23.7.